The first kappa shape index (κ1) is 13.0. The summed E-state index contributed by atoms with van der Waals surface area (Å²) in [5.41, 5.74) is 0. The monoisotopic (exact) mass is 185 g/mol. The summed E-state index contributed by atoms with van der Waals surface area (Å²) in [6, 6.07) is 0.643. The molecule has 13 heavy (non-hydrogen) atoms. The van der Waals surface area contributed by atoms with E-state index in [0.29, 0.717) is 6.04 Å². The molecule has 1 nitrogen and oxygen atoms in total. The molecule has 1 heteroatoms. The molecule has 0 rings (SSSR count). The normalized spacial score (nSPS) is 11.5. The van der Waals surface area contributed by atoms with Crippen LogP contribution in [0, 0.1) is 5.92 Å². The fourth-order valence-electron chi connectivity index (χ4n) is 1.83. The van der Waals surface area contributed by atoms with Gasteiger partial charge in [0.05, 0.1) is 0 Å². The Morgan fingerprint density at radius 2 is 1.46 bits per heavy atom. The van der Waals surface area contributed by atoms with Gasteiger partial charge in [-0.1, -0.05) is 53.4 Å². The van der Waals surface area contributed by atoms with E-state index in [1.54, 1.807) is 0 Å². The predicted molar refractivity (Wildman–Crippen MR) is 61.1 cm³/mol. The van der Waals surface area contributed by atoms with Crippen LogP contribution in [0.3, 0.4) is 0 Å². The van der Waals surface area contributed by atoms with Gasteiger partial charge in [-0.3, -0.25) is 0 Å². The molecule has 0 radical (unpaired) electrons. The van der Waals surface area contributed by atoms with Crippen molar-refractivity contribution in [3.8, 4) is 0 Å². The maximum atomic E-state index is 3.49. The molecule has 0 atom stereocenters. The molecule has 0 heterocycles. The summed E-state index contributed by atoms with van der Waals surface area (Å²) in [6.45, 7) is 10.2. The SMILES string of the molecule is CCCC(CCC)CCNC(C)C. The third-order valence-corrected chi connectivity index (χ3v) is 2.50. The minimum atomic E-state index is 0.643. The van der Waals surface area contributed by atoms with Gasteiger partial charge in [0.1, 0.15) is 0 Å². The van der Waals surface area contributed by atoms with Crippen molar-refractivity contribution in [2.75, 3.05) is 6.54 Å². The molecule has 80 valence electrons. The van der Waals surface area contributed by atoms with Crippen molar-refractivity contribution in [2.24, 2.45) is 5.92 Å². The van der Waals surface area contributed by atoms with Gasteiger partial charge in [-0.2, -0.15) is 0 Å². The van der Waals surface area contributed by atoms with E-state index in [0.717, 1.165) is 5.92 Å². The van der Waals surface area contributed by atoms with E-state index in [9.17, 15) is 0 Å². The lowest BCUT2D eigenvalue weighted by molar-refractivity contribution is 0.392. The summed E-state index contributed by atoms with van der Waals surface area (Å²) in [5, 5.41) is 3.49. The molecule has 0 aliphatic carbocycles. The van der Waals surface area contributed by atoms with E-state index in [4.69, 9.17) is 0 Å². The van der Waals surface area contributed by atoms with E-state index in [1.807, 2.05) is 0 Å². The maximum Gasteiger partial charge on any atom is 0.00103 e. The van der Waals surface area contributed by atoms with Crippen molar-refractivity contribution >= 4 is 0 Å². The van der Waals surface area contributed by atoms with E-state index < -0.39 is 0 Å². The lowest BCUT2D eigenvalue weighted by Crippen LogP contribution is -2.25. The molecule has 0 saturated carbocycles. The van der Waals surface area contributed by atoms with Gasteiger partial charge in [0.15, 0.2) is 0 Å². The third kappa shape index (κ3) is 8.29. The van der Waals surface area contributed by atoms with Crippen LogP contribution in [0.1, 0.15) is 59.8 Å². The zero-order valence-corrected chi connectivity index (χ0v) is 9.90. The Kier molecular flexibility index (Phi) is 8.53. The van der Waals surface area contributed by atoms with Crippen LogP contribution in [0.5, 0.6) is 0 Å². The molecule has 0 saturated heterocycles. The molecule has 0 spiro atoms. The summed E-state index contributed by atoms with van der Waals surface area (Å²) < 4.78 is 0. The lowest BCUT2D eigenvalue weighted by atomic mass is 9.95. The first-order chi connectivity index (χ1) is 6.20. The topological polar surface area (TPSA) is 12.0 Å². The Morgan fingerprint density at radius 3 is 1.85 bits per heavy atom. The van der Waals surface area contributed by atoms with Gasteiger partial charge in [-0.15, -0.1) is 0 Å². The van der Waals surface area contributed by atoms with E-state index in [-0.39, 0.29) is 0 Å². The molecule has 0 aliphatic rings. The van der Waals surface area contributed by atoms with Crippen molar-refractivity contribution in [3.05, 3.63) is 0 Å². The second-order valence-electron chi connectivity index (χ2n) is 4.34. The predicted octanol–water partition coefficient (Wildman–Crippen LogP) is 3.59. The van der Waals surface area contributed by atoms with Crippen LogP contribution in [0.2, 0.25) is 0 Å². The lowest BCUT2D eigenvalue weighted by Gasteiger charge is -2.16. The fraction of sp³-hybridized carbons (Fsp3) is 1.00. The van der Waals surface area contributed by atoms with Gasteiger partial charge >= 0.3 is 0 Å². The summed E-state index contributed by atoms with van der Waals surface area (Å²) in [7, 11) is 0. The van der Waals surface area contributed by atoms with Crippen molar-refractivity contribution in [1.29, 1.82) is 0 Å². The highest BCUT2D eigenvalue weighted by Gasteiger charge is 2.05. The molecule has 0 aliphatic heterocycles. The largest absolute Gasteiger partial charge is 0.315 e. The first-order valence-corrected chi connectivity index (χ1v) is 5.94. The molecule has 0 aromatic carbocycles. The summed E-state index contributed by atoms with van der Waals surface area (Å²) in [5.74, 6) is 0.959. The quantitative estimate of drug-likeness (QED) is 0.609. The second-order valence-corrected chi connectivity index (χ2v) is 4.34. The Hall–Kier alpha value is -0.0400. The zero-order valence-electron chi connectivity index (χ0n) is 9.90. The highest BCUT2D eigenvalue weighted by atomic mass is 14.9. The molecule has 0 unspecified atom stereocenters. The zero-order chi connectivity index (χ0) is 10.1. The van der Waals surface area contributed by atoms with Crippen LogP contribution in [-0.4, -0.2) is 12.6 Å². The smallest absolute Gasteiger partial charge is 0.00103 e. The number of hydrogen-bond acceptors (Lipinski definition) is 1. The third-order valence-electron chi connectivity index (χ3n) is 2.50. The summed E-state index contributed by atoms with van der Waals surface area (Å²) in [4.78, 5) is 0. The minimum Gasteiger partial charge on any atom is -0.315 e. The van der Waals surface area contributed by atoms with Crippen molar-refractivity contribution in [3.63, 3.8) is 0 Å². The van der Waals surface area contributed by atoms with Gasteiger partial charge < -0.3 is 5.32 Å². The van der Waals surface area contributed by atoms with Gasteiger partial charge in [-0.25, -0.2) is 0 Å². The Morgan fingerprint density at radius 1 is 0.923 bits per heavy atom. The van der Waals surface area contributed by atoms with Crippen molar-refractivity contribution in [2.45, 2.75) is 65.8 Å². The first-order valence-electron chi connectivity index (χ1n) is 5.94. The number of rotatable bonds is 8. The Labute approximate surface area is 84.3 Å². The van der Waals surface area contributed by atoms with E-state index in [2.05, 4.69) is 33.0 Å². The standard InChI is InChI=1S/C12H27N/c1-5-7-12(8-6-2)9-10-13-11(3)4/h11-13H,5-10H2,1-4H3. The van der Waals surface area contributed by atoms with Crippen LogP contribution in [-0.2, 0) is 0 Å². The number of nitrogens with one attached hydrogen (secondary N) is 1. The van der Waals surface area contributed by atoms with Gasteiger partial charge in [0, 0.05) is 6.04 Å². The molecule has 0 aromatic heterocycles. The van der Waals surface area contributed by atoms with Crippen molar-refractivity contribution < 1.29 is 0 Å². The molecular weight excluding hydrogens is 158 g/mol. The highest BCUT2D eigenvalue weighted by molar-refractivity contribution is 4.61. The average Bonchev–Trinajstić information content (AvgIpc) is 2.04. The van der Waals surface area contributed by atoms with E-state index in [1.165, 1.54) is 38.6 Å². The van der Waals surface area contributed by atoms with Crippen LogP contribution >= 0.6 is 0 Å². The molecular formula is C12H27N. The van der Waals surface area contributed by atoms with Crippen LogP contribution in [0.15, 0.2) is 0 Å². The molecule has 0 fully saturated rings. The minimum absolute atomic E-state index is 0.643. The Bertz CT molecular complexity index is 93.3. The molecule has 1 N–H and O–H groups in total. The van der Waals surface area contributed by atoms with Gasteiger partial charge in [0.2, 0.25) is 0 Å². The van der Waals surface area contributed by atoms with Gasteiger partial charge in [-0.05, 0) is 18.9 Å². The molecule has 0 bridgehead atoms. The molecule has 0 amide bonds. The Balaban J connectivity index is 3.44. The van der Waals surface area contributed by atoms with Crippen LogP contribution in [0.25, 0.3) is 0 Å². The van der Waals surface area contributed by atoms with E-state index >= 15 is 0 Å². The fourth-order valence-corrected chi connectivity index (χ4v) is 1.83. The second kappa shape index (κ2) is 8.55. The average molecular weight is 185 g/mol. The van der Waals surface area contributed by atoms with Crippen LogP contribution in [0.4, 0.5) is 0 Å². The van der Waals surface area contributed by atoms with Crippen LogP contribution < -0.4 is 5.32 Å². The maximum absolute atomic E-state index is 3.49. The summed E-state index contributed by atoms with van der Waals surface area (Å²) in [6.07, 6.45) is 6.86. The number of hydrogen-bond donors (Lipinski definition) is 1. The highest BCUT2D eigenvalue weighted by Crippen LogP contribution is 2.16. The van der Waals surface area contributed by atoms with Gasteiger partial charge in [0.25, 0.3) is 0 Å². The molecule has 0 aromatic rings. The van der Waals surface area contributed by atoms with Crippen molar-refractivity contribution in [1.82, 2.24) is 5.32 Å². The summed E-state index contributed by atoms with van der Waals surface area (Å²) >= 11 is 0.